The molecule has 0 aliphatic heterocycles. The monoisotopic (exact) mass is 283 g/mol. The molecule has 18 heavy (non-hydrogen) atoms. The summed E-state index contributed by atoms with van der Waals surface area (Å²) in [5.41, 5.74) is 0.673. The quantitative estimate of drug-likeness (QED) is 0.868. The Balaban J connectivity index is 2.52. The second kappa shape index (κ2) is 5.04. The summed E-state index contributed by atoms with van der Waals surface area (Å²) in [5, 5.41) is 14.2. The van der Waals surface area contributed by atoms with Crippen LogP contribution >= 0.6 is 23.2 Å². The molecule has 0 aromatic heterocycles. The number of phenols is 1. The highest BCUT2D eigenvalue weighted by Crippen LogP contribution is 2.38. The van der Waals surface area contributed by atoms with E-state index >= 15 is 0 Å². The molecule has 2 aromatic rings. The van der Waals surface area contributed by atoms with Crippen LogP contribution in [-0.4, -0.2) is 11.0 Å². The summed E-state index contributed by atoms with van der Waals surface area (Å²) in [5.74, 6) is -0.193. The van der Waals surface area contributed by atoms with Crippen molar-refractivity contribution in [3.8, 4) is 5.75 Å². The van der Waals surface area contributed by atoms with Gasteiger partial charge in [-0.1, -0.05) is 36.2 Å². The van der Waals surface area contributed by atoms with Gasteiger partial charge in [0.25, 0.3) is 0 Å². The van der Waals surface area contributed by atoms with Gasteiger partial charge in [-0.05, 0) is 23.6 Å². The van der Waals surface area contributed by atoms with Crippen LogP contribution in [0.3, 0.4) is 0 Å². The molecule has 0 spiro atoms. The van der Waals surface area contributed by atoms with Crippen molar-refractivity contribution in [1.82, 2.24) is 0 Å². The van der Waals surface area contributed by atoms with Gasteiger partial charge in [0.05, 0.1) is 10.0 Å². The fraction of sp³-hybridized carbons (Fsp3) is 0.154. The number of carbonyl (C=O) groups is 1. The Labute approximate surface area is 114 Å². The van der Waals surface area contributed by atoms with Gasteiger partial charge in [0.2, 0.25) is 5.91 Å². The Morgan fingerprint density at radius 2 is 2.06 bits per heavy atom. The fourth-order valence-electron chi connectivity index (χ4n) is 1.65. The minimum atomic E-state index is -0.129. The van der Waals surface area contributed by atoms with Crippen LogP contribution in [0.2, 0.25) is 10.0 Å². The van der Waals surface area contributed by atoms with Gasteiger partial charge in [-0.3, -0.25) is 4.79 Å². The van der Waals surface area contributed by atoms with Crippen LogP contribution in [0, 0.1) is 0 Å². The van der Waals surface area contributed by atoms with Gasteiger partial charge < -0.3 is 10.4 Å². The van der Waals surface area contributed by atoms with E-state index in [1.54, 1.807) is 31.2 Å². The molecule has 0 fully saturated rings. The fourth-order valence-corrected chi connectivity index (χ4v) is 2.18. The number of phenolic OH excluding ortho intramolecular Hbond substituents is 1. The number of hydrogen-bond acceptors (Lipinski definition) is 2. The number of fused-ring (bicyclic) bond motifs is 1. The normalized spacial score (nSPS) is 10.6. The van der Waals surface area contributed by atoms with E-state index < -0.39 is 0 Å². The van der Waals surface area contributed by atoms with Gasteiger partial charge in [-0.25, -0.2) is 0 Å². The lowest BCUT2D eigenvalue weighted by Gasteiger charge is -2.08. The summed E-state index contributed by atoms with van der Waals surface area (Å²) in [6.07, 6.45) is 0.412. The molecule has 2 aromatic carbocycles. The van der Waals surface area contributed by atoms with E-state index in [0.29, 0.717) is 17.5 Å². The van der Waals surface area contributed by atoms with Gasteiger partial charge in [-0.15, -0.1) is 0 Å². The molecule has 2 rings (SSSR count). The average molecular weight is 284 g/mol. The summed E-state index contributed by atoms with van der Waals surface area (Å²) in [7, 11) is 0. The van der Waals surface area contributed by atoms with Crippen molar-refractivity contribution in [3.05, 3.63) is 34.3 Å². The lowest BCUT2D eigenvalue weighted by Crippen LogP contribution is -2.09. The predicted octanol–water partition coefficient (Wildman–Crippen LogP) is 4.20. The molecule has 0 bridgehead atoms. The summed E-state index contributed by atoms with van der Waals surface area (Å²) < 4.78 is 0. The van der Waals surface area contributed by atoms with E-state index in [2.05, 4.69) is 5.32 Å². The molecule has 0 heterocycles. The number of carbonyl (C=O) groups excluding carboxylic acids is 1. The maximum Gasteiger partial charge on any atom is 0.224 e. The van der Waals surface area contributed by atoms with Gasteiger partial charge >= 0.3 is 0 Å². The number of aromatic hydroxyl groups is 1. The van der Waals surface area contributed by atoms with Crippen LogP contribution in [-0.2, 0) is 4.79 Å². The van der Waals surface area contributed by atoms with Crippen molar-refractivity contribution in [2.45, 2.75) is 13.3 Å². The van der Waals surface area contributed by atoms with E-state index in [1.165, 1.54) is 0 Å². The first kappa shape index (κ1) is 13.0. The molecule has 3 nitrogen and oxygen atoms in total. The Kier molecular flexibility index (Phi) is 3.64. The molecule has 5 heteroatoms. The van der Waals surface area contributed by atoms with Gasteiger partial charge in [0.1, 0.15) is 0 Å². The molecule has 0 aliphatic carbocycles. The van der Waals surface area contributed by atoms with E-state index in [4.69, 9.17) is 23.2 Å². The summed E-state index contributed by atoms with van der Waals surface area (Å²) in [6, 6.07) is 6.84. The molecule has 0 saturated carbocycles. The minimum absolute atomic E-state index is 0.0645. The third-order valence-electron chi connectivity index (χ3n) is 2.61. The number of nitrogens with one attached hydrogen (secondary N) is 1. The number of hydrogen-bond donors (Lipinski definition) is 2. The number of halogens is 2. The Morgan fingerprint density at radius 3 is 2.72 bits per heavy atom. The molecule has 0 radical (unpaired) electrons. The first-order valence-electron chi connectivity index (χ1n) is 5.43. The first-order chi connectivity index (χ1) is 8.52. The SMILES string of the molecule is CCC(=O)Nc1ccc2c(Cl)c(O)c(Cl)cc2c1. The Hall–Kier alpha value is -1.45. The average Bonchev–Trinajstić information content (AvgIpc) is 2.35. The second-order valence-electron chi connectivity index (χ2n) is 3.86. The van der Waals surface area contributed by atoms with Crippen molar-refractivity contribution >= 4 is 45.6 Å². The number of anilines is 1. The van der Waals surface area contributed by atoms with Crippen LogP contribution in [0.5, 0.6) is 5.75 Å². The van der Waals surface area contributed by atoms with E-state index in [1.807, 2.05) is 0 Å². The number of rotatable bonds is 2. The van der Waals surface area contributed by atoms with Gasteiger partial charge in [0, 0.05) is 17.5 Å². The van der Waals surface area contributed by atoms with Crippen molar-refractivity contribution in [2.24, 2.45) is 0 Å². The predicted molar refractivity (Wildman–Crippen MR) is 74.6 cm³/mol. The molecule has 1 amide bonds. The standard InChI is InChI=1S/C13H11Cl2NO2/c1-2-11(17)16-8-3-4-9-7(5-8)6-10(14)13(18)12(9)15/h3-6,18H,2H2,1H3,(H,16,17). The lowest BCUT2D eigenvalue weighted by atomic mass is 10.1. The van der Waals surface area contributed by atoms with Crippen LogP contribution in [0.15, 0.2) is 24.3 Å². The summed E-state index contributed by atoms with van der Waals surface area (Å²) >= 11 is 11.9. The van der Waals surface area contributed by atoms with Crippen LogP contribution in [0.25, 0.3) is 10.8 Å². The second-order valence-corrected chi connectivity index (χ2v) is 4.64. The van der Waals surface area contributed by atoms with Crippen LogP contribution in [0.4, 0.5) is 5.69 Å². The third-order valence-corrected chi connectivity index (χ3v) is 3.28. The largest absolute Gasteiger partial charge is 0.505 e. The molecule has 2 N–H and O–H groups in total. The van der Waals surface area contributed by atoms with Crippen molar-refractivity contribution in [2.75, 3.05) is 5.32 Å². The zero-order valence-corrected chi connectivity index (χ0v) is 11.1. The van der Waals surface area contributed by atoms with Crippen molar-refractivity contribution in [3.63, 3.8) is 0 Å². The highest BCUT2D eigenvalue weighted by atomic mass is 35.5. The smallest absolute Gasteiger partial charge is 0.224 e. The maximum atomic E-state index is 11.3. The zero-order chi connectivity index (χ0) is 13.3. The molecule has 0 aliphatic rings. The number of benzene rings is 2. The Bertz CT molecular complexity index is 626. The summed E-state index contributed by atoms with van der Waals surface area (Å²) in [6.45, 7) is 1.78. The van der Waals surface area contributed by atoms with E-state index in [9.17, 15) is 9.90 Å². The van der Waals surface area contributed by atoms with Gasteiger partial charge in [-0.2, -0.15) is 0 Å². The zero-order valence-electron chi connectivity index (χ0n) is 9.63. The molecular formula is C13H11Cl2NO2. The van der Waals surface area contributed by atoms with Crippen LogP contribution in [0.1, 0.15) is 13.3 Å². The highest BCUT2D eigenvalue weighted by molar-refractivity contribution is 6.41. The minimum Gasteiger partial charge on any atom is -0.505 e. The summed E-state index contributed by atoms with van der Waals surface area (Å²) in [4.78, 5) is 11.3. The van der Waals surface area contributed by atoms with Crippen molar-refractivity contribution < 1.29 is 9.90 Å². The van der Waals surface area contributed by atoms with E-state index in [0.717, 1.165) is 5.39 Å². The van der Waals surface area contributed by atoms with Crippen LogP contribution < -0.4 is 5.32 Å². The molecule has 0 unspecified atom stereocenters. The van der Waals surface area contributed by atoms with E-state index in [-0.39, 0.29) is 21.7 Å². The maximum absolute atomic E-state index is 11.3. The first-order valence-corrected chi connectivity index (χ1v) is 6.19. The van der Waals surface area contributed by atoms with Gasteiger partial charge in [0.15, 0.2) is 5.75 Å². The highest BCUT2D eigenvalue weighted by Gasteiger charge is 2.10. The third kappa shape index (κ3) is 2.37. The number of amides is 1. The Morgan fingerprint density at radius 1 is 1.33 bits per heavy atom. The lowest BCUT2D eigenvalue weighted by molar-refractivity contribution is -0.115. The van der Waals surface area contributed by atoms with Crippen molar-refractivity contribution in [1.29, 1.82) is 0 Å². The molecule has 94 valence electrons. The molecular weight excluding hydrogens is 273 g/mol. The topological polar surface area (TPSA) is 49.3 Å². The molecule has 0 saturated heterocycles. The molecule has 0 atom stereocenters.